The molecule has 0 spiro atoms. The molecule has 6 aromatic carbocycles. The van der Waals surface area contributed by atoms with Crippen LogP contribution in [0.25, 0.3) is 21.2 Å². The molecule has 7 aromatic rings. The zero-order chi connectivity index (χ0) is 39.6. The van der Waals surface area contributed by atoms with Crippen molar-refractivity contribution in [3.05, 3.63) is 185 Å². The number of hydrogen-bond donors (Lipinski definition) is 0. The number of allylic oxidation sites excluding steroid dienone is 3. The first-order valence-electron chi connectivity index (χ1n) is 20.3. The van der Waals surface area contributed by atoms with Crippen LogP contribution < -0.4 is 20.2 Å². The van der Waals surface area contributed by atoms with Crippen molar-refractivity contribution in [1.82, 2.24) is 0 Å². The van der Waals surface area contributed by atoms with E-state index in [2.05, 4.69) is 221 Å². The molecule has 0 aliphatic heterocycles. The molecular formula is C52H52N2SSi2. The van der Waals surface area contributed by atoms with E-state index in [-0.39, 0.29) is 11.8 Å². The van der Waals surface area contributed by atoms with Crippen molar-refractivity contribution in [2.75, 3.05) is 9.80 Å². The van der Waals surface area contributed by atoms with Gasteiger partial charge in [0.2, 0.25) is 0 Å². The van der Waals surface area contributed by atoms with Crippen molar-refractivity contribution in [1.29, 1.82) is 0 Å². The smallest absolute Gasteiger partial charge is 0.0777 e. The highest BCUT2D eigenvalue weighted by Crippen LogP contribution is 2.56. The number of anilines is 5. The van der Waals surface area contributed by atoms with Crippen LogP contribution in [0.1, 0.15) is 33.4 Å². The van der Waals surface area contributed by atoms with Crippen molar-refractivity contribution in [2.45, 2.75) is 65.0 Å². The number of benzene rings is 6. The third-order valence-corrected chi connectivity index (χ3v) is 17.0. The molecule has 0 saturated carbocycles. The summed E-state index contributed by atoms with van der Waals surface area (Å²) < 4.78 is 1.33. The Morgan fingerprint density at radius 2 is 1.07 bits per heavy atom. The number of rotatable bonds is 8. The van der Waals surface area contributed by atoms with E-state index in [9.17, 15) is 0 Å². The van der Waals surface area contributed by atoms with Gasteiger partial charge >= 0.3 is 0 Å². The minimum atomic E-state index is -1.55. The Kier molecular flexibility index (Phi) is 9.39. The van der Waals surface area contributed by atoms with Gasteiger partial charge in [-0.3, -0.25) is 0 Å². The quantitative estimate of drug-likeness (QED) is 0.141. The monoisotopic (exact) mass is 792 g/mol. The minimum absolute atomic E-state index is 0.224. The van der Waals surface area contributed by atoms with E-state index in [1.54, 1.807) is 0 Å². The number of fused-ring (bicyclic) bond motifs is 8. The van der Waals surface area contributed by atoms with Crippen LogP contribution in [0, 0.1) is 13.8 Å². The molecule has 9 rings (SSSR count). The van der Waals surface area contributed by atoms with E-state index in [1.807, 2.05) is 11.3 Å². The summed E-state index contributed by atoms with van der Waals surface area (Å²) in [4.78, 5) is 6.40. The topological polar surface area (TPSA) is 6.48 Å². The molecule has 2 aliphatic rings. The summed E-state index contributed by atoms with van der Waals surface area (Å²) in [6.07, 6.45) is 7.44. The third-order valence-electron chi connectivity index (χ3n) is 11.7. The highest BCUT2D eigenvalue weighted by molar-refractivity contribution is 7.20. The van der Waals surface area contributed by atoms with Crippen molar-refractivity contribution in [3.8, 4) is 11.1 Å². The van der Waals surface area contributed by atoms with Crippen LogP contribution >= 0.6 is 11.3 Å². The predicted octanol–water partition coefficient (Wildman–Crippen LogP) is 14.2. The number of nitrogens with zero attached hydrogens (tertiary/aromatic N) is 2. The van der Waals surface area contributed by atoms with E-state index in [1.165, 1.54) is 87.3 Å². The average Bonchev–Trinajstić information content (AvgIpc) is 3.57. The van der Waals surface area contributed by atoms with Gasteiger partial charge in [-0.1, -0.05) is 141 Å². The Morgan fingerprint density at radius 3 is 1.68 bits per heavy atom. The maximum atomic E-state index is 2.55. The van der Waals surface area contributed by atoms with Crippen LogP contribution in [-0.2, 0) is 0 Å². The Hall–Kier alpha value is -5.21. The van der Waals surface area contributed by atoms with Crippen LogP contribution in [-0.4, -0.2) is 16.1 Å². The van der Waals surface area contributed by atoms with Gasteiger partial charge in [0.1, 0.15) is 0 Å². The van der Waals surface area contributed by atoms with Crippen LogP contribution in [0.3, 0.4) is 0 Å². The minimum Gasteiger partial charge on any atom is -0.311 e. The van der Waals surface area contributed by atoms with E-state index in [0.29, 0.717) is 0 Å². The van der Waals surface area contributed by atoms with Crippen LogP contribution in [0.2, 0.25) is 39.3 Å². The predicted molar refractivity (Wildman–Crippen MR) is 255 cm³/mol. The van der Waals surface area contributed by atoms with E-state index >= 15 is 0 Å². The van der Waals surface area contributed by atoms with E-state index in [4.69, 9.17) is 0 Å². The average molecular weight is 793 g/mol. The van der Waals surface area contributed by atoms with E-state index in [0.717, 1.165) is 0 Å². The number of aryl methyl sites for hydroxylation is 2. The van der Waals surface area contributed by atoms with Crippen LogP contribution in [0.5, 0.6) is 0 Å². The molecule has 2 unspecified atom stereocenters. The SMILES string of the molecule is Cc1cc(N(C2=CC3c4ccccc4-c4c(sc5cc(N(c6ccccc6)c6cc(C)cc([Si](C)(C)C)c6)ccc45)C3C=C2)c2ccccc2)cc([Si](C)(C)C)c1. The molecule has 284 valence electrons. The summed E-state index contributed by atoms with van der Waals surface area (Å²) in [6, 6.07) is 52.5. The summed E-state index contributed by atoms with van der Waals surface area (Å²) in [5.74, 6) is 0.482. The highest BCUT2D eigenvalue weighted by atomic mass is 32.1. The molecule has 0 saturated heterocycles. The molecule has 2 atom stereocenters. The molecule has 2 nitrogen and oxygen atoms in total. The zero-order valence-electron chi connectivity index (χ0n) is 34.5. The lowest BCUT2D eigenvalue weighted by Crippen LogP contribution is -2.38. The van der Waals surface area contributed by atoms with Crippen molar-refractivity contribution >= 4 is 76.4 Å². The lowest BCUT2D eigenvalue weighted by molar-refractivity contribution is 0.724. The van der Waals surface area contributed by atoms with Gasteiger partial charge in [-0.05, 0) is 103 Å². The Bertz CT molecular complexity index is 2700. The fourth-order valence-electron chi connectivity index (χ4n) is 8.82. The second kappa shape index (κ2) is 14.3. The Labute approximate surface area is 345 Å². The fraction of sp³-hybridized carbons (Fsp3) is 0.192. The molecule has 1 heterocycles. The van der Waals surface area contributed by atoms with E-state index < -0.39 is 16.1 Å². The molecule has 2 aliphatic carbocycles. The van der Waals surface area contributed by atoms with Gasteiger partial charge in [-0.2, -0.15) is 0 Å². The highest BCUT2D eigenvalue weighted by Gasteiger charge is 2.37. The van der Waals surface area contributed by atoms with Gasteiger partial charge < -0.3 is 9.80 Å². The van der Waals surface area contributed by atoms with Crippen molar-refractivity contribution in [3.63, 3.8) is 0 Å². The third kappa shape index (κ3) is 6.96. The zero-order valence-corrected chi connectivity index (χ0v) is 37.3. The van der Waals surface area contributed by atoms with Gasteiger partial charge in [0.25, 0.3) is 0 Å². The molecule has 0 fully saturated rings. The number of thiophene rings is 1. The molecular weight excluding hydrogens is 741 g/mol. The lowest BCUT2D eigenvalue weighted by atomic mass is 9.72. The number of hydrogen-bond acceptors (Lipinski definition) is 3. The van der Waals surface area contributed by atoms with Gasteiger partial charge in [0.15, 0.2) is 0 Å². The Balaban J connectivity index is 1.17. The second-order valence-corrected chi connectivity index (χ2v) is 29.3. The number of para-hydroxylation sites is 2. The Morgan fingerprint density at radius 1 is 0.509 bits per heavy atom. The molecule has 1 aromatic heterocycles. The molecule has 0 bridgehead atoms. The summed E-state index contributed by atoms with van der Waals surface area (Å²) in [5.41, 5.74) is 14.0. The maximum Gasteiger partial charge on any atom is 0.0777 e. The molecule has 57 heavy (non-hydrogen) atoms. The lowest BCUT2D eigenvalue weighted by Gasteiger charge is -2.36. The largest absolute Gasteiger partial charge is 0.311 e. The molecule has 0 amide bonds. The summed E-state index contributed by atoms with van der Waals surface area (Å²) in [5, 5.41) is 4.31. The van der Waals surface area contributed by atoms with Gasteiger partial charge in [-0.15, -0.1) is 11.3 Å². The molecule has 5 heteroatoms. The fourth-order valence-corrected chi connectivity index (χ4v) is 12.7. The van der Waals surface area contributed by atoms with Crippen molar-refractivity contribution < 1.29 is 0 Å². The molecule has 0 N–H and O–H groups in total. The standard InChI is InChI=1S/C52H52N2SSi2/c1-35-27-41(31-43(29-35)56(3,4)5)53(37-17-11-9-12-18-37)39-23-25-47-49(33-39)45-21-15-16-22-46(45)51-48-26-24-40(34-50(48)55-52(47)51)54(38-19-13-10-14-20-38)42-28-36(2)30-44(32-42)57(6,7)8/h9-34,47,49H,1-8H3. The first-order valence-corrected chi connectivity index (χ1v) is 28.2. The second-order valence-electron chi connectivity index (χ2n) is 18.1. The summed E-state index contributed by atoms with van der Waals surface area (Å²) >= 11 is 1.98. The first-order chi connectivity index (χ1) is 27.3. The van der Waals surface area contributed by atoms with Crippen LogP contribution in [0.4, 0.5) is 28.4 Å². The summed E-state index contributed by atoms with van der Waals surface area (Å²) in [7, 11) is -3.10. The maximum absolute atomic E-state index is 2.55. The van der Waals surface area contributed by atoms with Gasteiger partial charge in [0, 0.05) is 66.5 Å². The van der Waals surface area contributed by atoms with Crippen molar-refractivity contribution in [2.24, 2.45) is 0 Å². The molecule has 0 radical (unpaired) electrons. The van der Waals surface area contributed by atoms with Gasteiger partial charge in [0.05, 0.1) is 16.1 Å². The van der Waals surface area contributed by atoms with Gasteiger partial charge in [-0.25, -0.2) is 0 Å². The summed E-state index contributed by atoms with van der Waals surface area (Å²) in [6.45, 7) is 19.1. The normalized spacial score (nSPS) is 16.1. The first kappa shape index (κ1) is 37.4. The van der Waals surface area contributed by atoms with Crippen LogP contribution in [0.15, 0.2) is 163 Å².